The highest BCUT2D eigenvalue weighted by molar-refractivity contribution is 5.97. The summed E-state index contributed by atoms with van der Waals surface area (Å²) < 4.78 is 0. The van der Waals surface area contributed by atoms with Gasteiger partial charge in [0.05, 0.1) is 0 Å². The van der Waals surface area contributed by atoms with E-state index in [0.29, 0.717) is 24.1 Å². The van der Waals surface area contributed by atoms with Gasteiger partial charge in [-0.1, -0.05) is 67.6 Å². The first kappa shape index (κ1) is 25.7. The molecule has 3 aromatic carbocycles. The molecule has 0 spiro atoms. The number of phenolic OH excluding ortho intramolecular Hbond substituents is 1. The van der Waals surface area contributed by atoms with Gasteiger partial charge in [-0.2, -0.15) is 0 Å². The maximum atomic E-state index is 13.2. The largest absolute Gasteiger partial charge is 0.508 e. The minimum absolute atomic E-state index is 0.0143. The van der Waals surface area contributed by atoms with Crippen molar-refractivity contribution in [3.05, 3.63) is 101 Å². The van der Waals surface area contributed by atoms with Gasteiger partial charge in [-0.05, 0) is 75.9 Å². The van der Waals surface area contributed by atoms with Crippen molar-refractivity contribution in [2.24, 2.45) is 0 Å². The van der Waals surface area contributed by atoms with Crippen LogP contribution in [0.3, 0.4) is 0 Å². The smallest absolute Gasteiger partial charge is 0.163 e. The summed E-state index contributed by atoms with van der Waals surface area (Å²) in [6.07, 6.45) is 1.31. The molecule has 0 aliphatic heterocycles. The third-order valence-corrected chi connectivity index (χ3v) is 6.79. The van der Waals surface area contributed by atoms with Crippen LogP contribution in [-0.2, 0) is 0 Å². The molecule has 3 heteroatoms. The number of Topliss-reactive ketones (excluding diaryl/α,β-unsaturated/α-hetero) is 1. The van der Waals surface area contributed by atoms with Crippen LogP contribution >= 0.6 is 0 Å². The Labute approximate surface area is 205 Å². The van der Waals surface area contributed by atoms with Crippen LogP contribution in [0, 0.1) is 0 Å². The zero-order valence-corrected chi connectivity index (χ0v) is 21.2. The molecular formula is C31H39NO2. The van der Waals surface area contributed by atoms with Crippen molar-refractivity contribution in [2.45, 2.75) is 71.4 Å². The molecule has 0 fully saturated rings. The van der Waals surface area contributed by atoms with Crippen LogP contribution in [0.4, 0.5) is 0 Å². The quantitative estimate of drug-likeness (QED) is 0.305. The molecule has 0 saturated heterocycles. The predicted octanol–water partition coefficient (Wildman–Crippen LogP) is 7.41. The molecule has 34 heavy (non-hydrogen) atoms. The molecule has 0 bridgehead atoms. The molecular weight excluding hydrogens is 418 g/mol. The minimum atomic E-state index is 0.0143. The van der Waals surface area contributed by atoms with Crippen molar-refractivity contribution < 1.29 is 9.90 Å². The normalized spacial score (nSPS) is 13.4. The van der Waals surface area contributed by atoms with Gasteiger partial charge in [-0.25, -0.2) is 0 Å². The molecule has 0 aromatic heterocycles. The molecule has 3 nitrogen and oxygen atoms in total. The second kappa shape index (κ2) is 12.0. The number of ketones is 1. The Morgan fingerprint density at radius 3 is 1.91 bits per heavy atom. The summed E-state index contributed by atoms with van der Waals surface area (Å²) in [6, 6.07) is 26.7. The van der Waals surface area contributed by atoms with Gasteiger partial charge in [0.15, 0.2) is 5.78 Å². The summed E-state index contributed by atoms with van der Waals surface area (Å²) in [7, 11) is 0. The lowest BCUT2D eigenvalue weighted by molar-refractivity contribution is 0.0975. The van der Waals surface area contributed by atoms with Crippen molar-refractivity contribution in [3.8, 4) is 5.75 Å². The van der Waals surface area contributed by atoms with Crippen molar-refractivity contribution >= 4 is 5.78 Å². The molecule has 3 aromatic rings. The highest BCUT2D eigenvalue weighted by Gasteiger charge is 2.23. The Morgan fingerprint density at radius 1 is 0.794 bits per heavy atom. The summed E-state index contributed by atoms with van der Waals surface area (Å²) in [4.78, 5) is 15.7. The average molecular weight is 458 g/mol. The van der Waals surface area contributed by atoms with E-state index in [-0.39, 0.29) is 23.4 Å². The monoisotopic (exact) mass is 457 g/mol. The molecule has 2 atom stereocenters. The average Bonchev–Trinajstić information content (AvgIpc) is 2.83. The number of phenols is 1. The summed E-state index contributed by atoms with van der Waals surface area (Å²) in [5.41, 5.74) is 3.82. The van der Waals surface area contributed by atoms with Gasteiger partial charge in [0.25, 0.3) is 0 Å². The van der Waals surface area contributed by atoms with Crippen molar-refractivity contribution in [1.82, 2.24) is 4.90 Å². The fourth-order valence-electron chi connectivity index (χ4n) is 4.88. The van der Waals surface area contributed by atoms with Crippen LogP contribution in [-0.4, -0.2) is 34.4 Å². The molecule has 0 radical (unpaired) electrons. The van der Waals surface area contributed by atoms with Gasteiger partial charge in [-0.15, -0.1) is 0 Å². The van der Waals surface area contributed by atoms with Crippen LogP contribution < -0.4 is 0 Å². The van der Waals surface area contributed by atoms with E-state index in [1.165, 1.54) is 5.56 Å². The summed E-state index contributed by atoms with van der Waals surface area (Å²) >= 11 is 0. The van der Waals surface area contributed by atoms with Gasteiger partial charge in [0, 0.05) is 35.5 Å². The van der Waals surface area contributed by atoms with E-state index in [9.17, 15) is 9.90 Å². The summed E-state index contributed by atoms with van der Waals surface area (Å²) in [5.74, 6) is 0.513. The fourth-order valence-corrected chi connectivity index (χ4v) is 4.88. The first-order valence-electron chi connectivity index (χ1n) is 12.5. The maximum Gasteiger partial charge on any atom is 0.163 e. The lowest BCUT2D eigenvalue weighted by Crippen LogP contribution is -2.38. The third kappa shape index (κ3) is 6.57. The number of aromatic hydroxyl groups is 1. The lowest BCUT2D eigenvalue weighted by Gasteiger charge is -2.32. The number of carbonyl (C=O) groups excluding carboxylic acids is 1. The number of rotatable bonds is 11. The lowest BCUT2D eigenvalue weighted by atomic mass is 9.85. The Balaban J connectivity index is 1.88. The van der Waals surface area contributed by atoms with Crippen LogP contribution in [0.2, 0.25) is 0 Å². The highest BCUT2D eigenvalue weighted by atomic mass is 16.3. The van der Waals surface area contributed by atoms with E-state index in [4.69, 9.17) is 0 Å². The standard InChI is InChI=1S/C31H39NO2/c1-22(2)32(23(3)4)19-18-28(26-14-10-7-11-15-26)29-21-27(16-17-30(29)33)31(34)20-24(5)25-12-8-6-9-13-25/h6-17,21-24,28,33H,18-20H2,1-5H3/t24-,28+/m1/s1. The zero-order chi connectivity index (χ0) is 24.7. The van der Waals surface area contributed by atoms with Crippen molar-refractivity contribution in [2.75, 3.05) is 6.54 Å². The third-order valence-electron chi connectivity index (χ3n) is 6.79. The van der Waals surface area contributed by atoms with Crippen LogP contribution in [0.25, 0.3) is 0 Å². The van der Waals surface area contributed by atoms with E-state index in [1.54, 1.807) is 12.1 Å². The highest BCUT2D eigenvalue weighted by Crippen LogP contribution is 2.35. The summed E-state index contributed by atoms with van der Waals surface area (Å²) in [5, 5.41) is 10.9. The van der Waals surface area contributed by atoms with E-state index in [2.05, 4.69) is 63.8 Å². The molecule has 0 saturated carbocycles. The van der Waals surface area contributed by atoms with Crippen molar-refractivity contribution in [3.63, 3.8) is 0 Å². The molecule has 0 amide bonds. The predicted molar refractivity (Wildman–Crippen MR) is 142 cm³/mol. The number of benzene rings is 3. The van der Waals surface area contributed by atoms with Gasteiger partial charge in [0.1, 0.15) is 5.75 Å². The number of carbonyl (C=O) groups is 1. The first-order valence-corrected chi connectivity index (χ1v) is 12.5. The second-order valence-electron chi connectivity index (χ2n) is 9.89. The van der Waals surface area contributed by atoms with Crippen LogP contribution in [0.1, 0.15) is 86.3 Å². The van der Waals surface area contributed by atoms with E-state index < -0.39 is 0 Å². The first-order chi connectivity index (χ1) is 16.3. The molecule has 0 aliphatic carbocycles. The fraction of sp³-hybridized carbons (Fsp3) is 0.387. The topological polar surface area (TPSA) is 40.5 Å². The Hall–Kier alpha value is -2.91. The van der Waals surface area contributed by atoms with Crippen LogP contribution in [0.5, 0.6) is 5.75 Å². The van der Waals surface area contributed by atoms with E-state index >= 15 is 0 Å². The van der Waals surface area contributed by atoms with Gasteiger partial charge >= 0.3 is 0 Å². The number of nitrogens with zero attached hydrogens (tertiary/aromatic N) is 1. The SMILES string of the molecule is CC(C)N(CC[C@@H](c1ccccc1)c1cc(C(=O)C[C@@H](C)c2ccccc2)ccc1O)C(C)C. The maximum absolute atomic E-state index is 13.2. The van der Waals surface area contributed by atoms with Crippen molar-refractivity contribution in [1.29, 1.82) is 0 Å². The van der Waals surface area contributed by atoms with Gasteiger partial charge in [-0.3, -0.25) is 9.69 Å². The molecule has 0 unspecified atom stereocenters. The molecule has 0 aliphatic rings. The van der Waals surface area contributed by atoms with E-state index in [0.717, 1.165) is 24.1 Å². The van der Waals surface area contributed by atoms with E-state index in [1.807, 2.05) is 42.5 Å². The Bertz CT molecular complexity index is 1040. The molecule has 3 rings (SSSR count). The molecule has 1 N–H and O–H groups in total. The second-order valence-corrected chi connectivity index (χ2v) is 9.89. The molecule has 0 heterocycles. The van der Waals surface area contributed by atoms with Crippen LogP contribution in [0.15, 0.2) is 78.9 Å². The number of hydrogen-bond donors (Lipinski definition) is 1. The van der Waals surface area contributed by atoms with Gasteiger partial charge in [0.2, 0.25) is 0 Å². The molecule has 180 valence electrons. The Morgan fingerprint density at radius 2 is 1.35 bits per heavy atom. The van der Waals surface area contributed by atoms with Gasteiger partial charge < -0.3 is 5.11 Å². The summed E-state index contributed by atoms with van der Waals surface area (Å²) in [6.45, 7) is 11.9. The zero-order valence-electron chi connectivity index (χ0n) is 21.2. The number of hydrogen-bond acceptors (Lipinski definition) is 3. The Kier molecular flexibility index (Phi) is 9.06. The minimum Gasteiger partial charge on any atom is -0.508 e.